The maximum absolute atomic E-state index is 6.07. The molecule has 84 valence electrons. The van der Waals surface area contributed by atoms with E-state index in [0.29, 0.717) is 16.6 Å². The summed E-state index contributed by atoms with van der Waals surface area (Å²) in [5.74, 6) is 0. The summed E-state index contributed by atoms with van der Waals surface area (Å²) in [5, 5.41) is 1.21. The lowest BCUT2D eigenvalue weighted by molar-refractivity contribution is 0.0120. The predicted octanol–water partition coefficient (Wildman–Crippen LogP) is 3.42. The molecule has 1 aromatic rings. The number of hydrogen-bond acceptors (Lipinski definition) is 2. The summed E-state index contributed by atoms with van der Waals surface area (Å²) in [6.07, 6.45) is -0.0555. The zero-order valence-corrected chi connectivity index (χ0v) is 10.3. The fourth-order valence-corrected chi connectivity index (χ4v) is 1.88. The minimum Gasteiger partial charge on any atom is -0.369 e. The van der Waals surface area contributed by atoms with Crippen molar-refractivity contribution in [3.63, 3.8) is 0 Å². The average molecular weight is 248 g/mol. The first-order chi connectivity index (χ1) is 7.04. The highest BCUT2D eigenvalue weighted by Gasteiger charge is 2.15. The van der Waals surface area contributed by atoms with Gasteiger partial charge in [-0.15, -0.1) is 0 Å². The summed E-state index contributed by atoms with van der Waals surface area (Å²) in [5.41, 5.74) is 6.53. The normalized spacial score (nSPS) is 13.2. The summed E-state index contributed by atoms with van der Waals surface area (Å²) < 4.78 is 5.65. The van der Waals surface area contributed by atoms with Gasteiger partial charge in [0.05, 0.1) is 12.2 Å². The topological polar surface area (TPSA) is 35.2 Å². The van der Waals surface area contributed by atoms with Crippen molar-refractivity contribution in [3.05, 3.63) is 33.8 Å². The first-order valence-corrected chi connectivity index (χ1v) is 5.60. The lowest BCUT2D eigenvalue weighted by Crippen LogP contribution is -2.19. The fourth-order valence-electron chi connectivity index (χ4n) is 1.35. The Morgan fingerprint density at radius 2 is 2.00 bits per heavy atom. The van der Waals surface area contributed by atoms with Crippen LogP contribution >= 0.6 is 23.2 Å². The van der Waals surface area contributed by atoms with Crippen molar-refractivity contribution in [2.45, 2.75) is 26.1 Å². The second-order valence-corrected chi connectivity index (χ2v) is 4.42. The van der Waals surface area contributed by atoms with Gasteiger partial charge < -0.3 is 10.5 Å². The van der Waals surface area contributed by atoms with Crippen LogP contribution in [0.5, 0.6) is 0 Å². The molecular formula is C11H15Cl2NO. The van der Waals surface area contributed by atoms with Gasteiger partial charge in [-0.1, -0.05) is 29.3 Å². The molecule has 0 amide bonds. The Morgan fingerprint density at radius 3 is 2.47 bits per heavy atom. The highest BCUT2D eigenvalue weighted by Crippen LogP contribution is 2.28. The largest absolute Gasteiger partial charge is 0.369 e. The van der Waals surface area contributed by atoms with Crippen LogP contribution in [0.4, 0.5) is 0 Å². The van der Waals surface area contributed by atoms with Crippen molar-refractivity contribution >= 4 is 23.2 Å². The van der Waals surface area contributed by atoms with E-state index in [9.17, 15) is 0 Å². The molecule has 2 nitrogen and oxygen atoms in total. The molecule has 1 aromatic carbocycles. The quantitative estimate of drug-likeness (QED) is 0.886. The minimum atomic E-state index is -0.172. The van der Waals surface area contributed by atoms with E-state index in [1.807, 2.05) is 19.9 Å². The average Bonchev–Trinajstić information content (AvgIpc) is 2.14. The Balaban J connectivity index is 2.91. The lowest BCUT2D eigenvalue weighted by Gasteiger charge is -2.20. The second kappa shape index (κ2) is 5.71. The zero-order valence-electron chi connectivity index (χ0n) is 8.84. The molecule has 0 fully saturated rings. The molecule has 0 saturated heterocycles. The Kier molecular flexibility index (Phi) is 4.87. The van der Waals surface area contributed by atoms with E-state index in [0.717, 1.165) is 5.56 Å². The third kappa shape index (κ3) is 3.65. The van der Waals surface area contributed by atoms with Gasteiger partial charge >= 0.3 is 0 Å². The molecule has 0 aliphatic heterocycles. The van der Waals surface area contributed by atoms with Crippen LogP contribution < -0.4 is 5.73 Å². The smallest absolute Gasteiger partial charge is 0.0964 e. The fraction of sp³-hybridized carbons (Fsp3) is 0.455. The summed E-state index contributed by atoms with van der Waals surface area (Å²) in [6, 6.07) is 5.34. The highest BCUT2D eigenvalue weighted by atomic mass is 35.5. The lowest BCUT2D eigenvalue weighted by atomic mass is 10.1. The van der Waals surface area contributed by atoms with Crippen molar-refractivity contribution in [3.8, 4) is 0 Å². The molecule has 0 heterocycles. The van der Waals surface area contributed by atoms with Gasteiger partial charge in [0.2, 0.25) is 0 Å². The second-order valence-electron chi connectivity index (χ2n) is 3.58. The van der Waals surface area contributed by atoms with Gasteiger partial charge in [0.25, 0.3) is 0 Å². The van der Waals surface area contributed by atoms with Crippen LogP contribution in [0.3, 0.4) is 0 Å². The number of hydrogen-bond donors (Lipinski definition) is 1. The summed E-state index contributed by atoms with van der Waals surface area (Å²) in [4.78, 5) is 0. The van der Waals surface area contributed by atoms with Gasteiger partial charge in [-0.3, -0.25) is 0 Å². The van der Waals surface area contributed by atoms with Gasteiger partial charge in [0, 0.05) is 22.2 Å². The Bertz CT molecular complexity index is 328. The predicted molar refractivity (Wildman–Crippen MR) is 64.5 cm³/mol. The van der Waals surface area contributed by atoms with Crippen LogP contribution in [-0.4, -0.2) is 12.6 Å². The number of nitrogens with two attached hydrogens (primary N) is 1. The molecule has 2 N–H and O–H groups in total. The molecule has 0 saturated carbocycles. The maximum Gasteiger partial charge on any atom is 0.0964 e. The van der Waals surface area contributed by atoms with E-state index in [4.69, 9.17) is 33.7 Å². The summed E-state index contributed by atoms with van der Waals surface area (Å²) >= 11 is 11.9. The zero-order chi connectivity index (χ0) is 11.4. The molecule has 0 aliphatic carbocycles. The third-order valence-electron chi connectivity index (χ3n) is 1.96. The number of halogens is 2. The molecule has 1 unspecified atom stereocenters. The van der Waals surface area contributed by atoms with Crippen molar-refractivity contribution in [1.82, 2.24) is 0 Å². The van der Waals surface area contributed by atoms with Crippen LogP contribution in [0.2, 0.25) is 10.0 Å². The maximum atomic E-state index is 6.07. The van der Waals surface area contributed by atoms with Gasteiger partial charge in [0.1, 0.15) is 0 Å². The molecule has 0 spiro atoms. The van der Waals surface area contributed by atoms with Gasteiger partial charge in [-0.05, 0) is 26.0 Å². The van der Waals surface area contributed by atoms with Crippen molar-refractivity contribution in [2.75, 3.05) is 6.54 Å². The van der Waals surface area contributed by atoms with Crippen LogP contribution in [0.1, 0.15) is 25.5 Å². The number of benzene rings is 1. The van der Waals surface area contributed by atoms with Crippen molar-refractivity contribution in [1.29, 1.82) is 0 Å². The van der Waals surface area contributed by atoms with Crippen LogP contribution in [0, 0.1) is 0 Å². The van der Waals surface area contributed by atoms with E-state index in [1.165, 1.54) is 0 Å². The monoisotopic (exact) mass is 247 g/mol. The molecule has 0 radical (unpaired) electrons. The Labute approximate surface area is 100 Å². The first-order valence-electron chi connectivity index (χ1n) is 4.85. The number of rotatable bonds is 4. The Morgan fingerprint density at radius 1 is 1.33 bits per heavy atom. The summed E-state index contributed by atoms with van der Waals surface area (Å²) in [7, 11) is 0. The Hall–Kier alpha value is -0.280. The molecule has 15 heavy (non-hydrogen) atoms. The van der Waals surface area contributed by atoms with E-state index >= 15 is 0 Å². The third-order valence-corrected chi connectivity index (χ3v) is 2.52. The van der Waals surface area contributed by atoms with Gasteiger partial charge in [-0.25, -0.2) is 0 Å². The van der Waals surface area contributed by atoms with Crippen molar-refractivity contribution in [2.24, 2.45) is 5.73 Å². The van der Waals surface area contributed by atoms with Crippen LogP contribution in [0.15, 0.2) is 18.2 Å². The highest BCUT2D eigenvalue weighted by molar-refractivity contribution is 6.35. The van der Waals surface area contributed by atoms with E-state index in [1.54, 1.807) is 12.1 Å². The molecule has 1 rings (SSSR count). The van der Waals surface area contributed by atoms with E-state index in [-0.39, 0.29) is 12.2 Å². The standard InChI is InChI=1S/C11H15Cl2NO/c1-7(2)15-11(6-14)9-4-3-8(12)5-10(9)13/h3-5,7,11H,6,14H2,1-2H3. The van der Waals surface area contributed by atoms with Gasteiger partial charge in [-0.2, -0.15) is 0 Å². The molecular weight excluding hydrogens is 233 g/mol. The molecule has 0 bridgehead atoms. The number of ether oxygens (including phenoxy) is 1. The van der Waals surface area contributed by atoms with Gasteiger partial charge in [0.15, 0.2) is 0 Å². The van der Waals surface area contributed by atoms with Crippen LogP contribution in [-0.2, 0) is 4.74 Å². The summed E-state index contributed by atoms with van der Waals surface area (Å²) in [6.45, 7) is 4.33. The van der Waals surface area contributed by atoms with Crippen LogP contribution in [0.25, 0.3) is 0 Å². The molecule has 0 aromatic heterocycles. The van der Waals surface area contributed by atoms with Crippen molar-refractivity contribution < 1.29 is 4.74 Å². The SMILES string of the molecule is CC(C)OC(CN)c1ccc(Cl)cc1Cl. The molecule has 4 heteroatoms. The first kappa shape index (κ1) is 12.8. The van der Waals surface area contributed by atoms with E-state index < -0.39 is 0 Å². The minimum absolute atomic E-state index is 0.116. The molecule has 0 aliphatic rings. The molecule has 1 atom stereocenters. The van der Waals surface area contributed by atoms with E-state index in [2.05, 4.69) is 0 Å².